The van der Waals surface area contributed by atoms with Gasteiger partial charge in [-0.25, -0.2) is 0 Å². The predicted octanol–water partition coefficient (Wildman–Crippen LogP) is 1.91. The third-order valence-corrected chi connectivity index (χ3v) is 4.54. The second-order valence-electron chi connectivity index (χ2n) is 6.49. The first-order chi connectivity index (χ1) is 12.1. The van der Waals surface area contributed by atoms with Crippen LogP contribution in [0.4, 0.5) is 0 Å². The van der Waals surface area contributed by atoms with E-state index >= 15 is 0 Å². The fraction of sp³-hybridized carbons (Fsp3) is 0.368. The van der Waals surface area contributed by atoms with E-state index in [1.54, 1.807) is 6.07 Å². The van der Waals surface area contributed by atoms with Gasteiger partial charge >= 0.3 is 0 Å². The van der Waals surface area contributed by atoms with Gasteiger partial charge in [0.25, 0.3) is 5.91 Å². The molecule has 3 rings (SSSR count). The minimum Gasteiger partial charge on any atom is -0.472 e. The summed E-state index contributed by atoms with van der Waals surface area (Å²) in [5.74, 6) is -0.411. The van der Waals surface area contributed by atoms with Gasteiger partial charge in [-0.2, -0.15) is 0 Å². The Balaban J connectivity index is 1.56. The standard InChI is InChI=1S/C19H23N3O3/c20-18(23)16-5-2-7-22(12-16)11-15-4-1-3-14(9-15)10-21-19(24)17-6-8-25-13-17/h1,3-4,6,8-9,13,16H,2,5,7,10-12H2,(H2,20,23)(H,21,24). The Bertz CT molecular complexity index is 727. The molecule has 2 aromatic rings. The van der Waals surface area contributed by atoms with Crippen molar-refractivity contribution in [2.75, 3.05) is 13.1 Å². The van der Waals surface area contributed by atoms with Crippen LogP contribution in [0.25, 0.3) is 0 Å². The van der Waals surface area contributed by atoms with E-state index in [-0.39, 0.29) is 17.7 Å². The maximum Gasteiger partial charge on any atom is 0.254 e. The highest BCUT2D eigenvalue weighted by molar-refractivity contribution is 5.93. The fourth-order valence-electron chi connectivity index (χ4n) is 3.21. The van der Waals surface area contributed by atoms with Gasteiger partial charge in [0.15, 0.2) is 0 Å². The summed E-state index contributed by atoms with van der Waals surface area (Å²) >= 11 is 0. The van der Waals surface area contributed by atoms with Crippen LogP contribution in [0.1, 0.15) is 34.3 Å². The van der Waals surface area contributed by atoms with Crippen LogP contribution in [-0.4, -0.2) is 29.8 Å². The lowest BCUT2D eigenvalue weighted by Gasteiger charge is -2.31. The van der Waals surface area contributed by atoms with Gasteiger partial charge in [0.05, 0.1) is 17.7 Å². The fourth-order valence-corrected chi connectivity index (χ4v) is 3.21. The predicted molar refractivity (Wildman–Crippen MR) is 93.5 cm³/mol. The van der Waals surface area contributed by atoms with Crippen LogP contribution in [0.15, 0.2) is 47.3 Å². The molecule has 1 atom stereocenters. The summed E-state index contributed by atoms with van der Waals surface area (Å²) in [6, 6.07) is 9.77. The van der Waals surface area contributed by atoms with E-state index in [0.29, 0.717) is 12.1 Å². The lowest BCUT2D eigenvalue weighted by Crippen LogP contribution is -2.40. The summed E-state index contributed by atoms with van der Waals surface area (Å²) in [5.41, 5.74) is 8.16. The summed E-state index contributed by atoms with van der Waals surface area (Å²) in [7, 11) is 0. The molecule has 2 amide bonds. The number of amides is 2. The molecular weight excluding hydrogens is 318 g/mol. The van der Waals surface area contributed by atoms with Crippen LogP contribution in [0.3, 0.4) is 0 Å². The highest BCUT2D eigenvalue weighted by Crippen LogP contribution is 2.18. The summed E-state index contributed by atoms with van der Waals surface area (Å²) in [6.07, 6.45) is 4.78. The zero-order chi connectivity index (χ0) is 17.6. The molecule has 25 heavy (non-hydrogen) atoms. The molecule has 1 aliphatic rings. The topological polar surface area (TPSA) is 88.6 Å². The highest BCUT2D eigenvalue weighted by Gasteiger charge is 2.23. The van der Waals surface area contributed by atoms with Gasteiger partial charge in [-0.3, -0.25) is 14.5 Å². The molecular formula is C19H23N3O3. The summed E-state index contributed by atoms with van der Waals surface area (Å²) < 4.78 is 4.92. The number of rotatable bonds is 6. The first kappa shape index (κ1) is 17.2. The average molecular weight is 341 g/mol. The number of nitrogens with one attached hydrogen (secondary N) is 1. The van der Waals surface area contributed by atoms with E-state index in [2.05, 4.69) is 22.3 Å². The third kappa shape index (κ3) is 4.70. The second kappa shape index (κ2) is 7.98. The molecule has 2 heterocycles. The van der Waals surface area contributed by atoms with Crippen molar-refractivity contribution in [2.45, 2.75) is 25.9 Å². The Morgan fingerprint density at radius 2 is 2.12 bits per heavy atom. The van der Waals surface area contributed by atoms with E-state index in [0.717, 1.165) is 38.0 Å². The molecule has 3 N–H and O–H groups in total. The summed E-state index contributed by atoms with van der Waals surface area (Å²) in [4.78, 5) is 25.6. The van der Waals surface area contributed by atoms with Crippen LogP contribution in [0, 0.1) is 5.92 Å². The lowest BCUT2D eigenvalue weighted by molar-refractivity contribution is -0.123. The van der Waals surface area contributed by atoms with Crippen molar-refractivity contribution >= 4 is 11.8 Å². The quantitative estimate of drug-likeness (QED) is 0.840. The molecule has 1 aromatic heterocycles. The number of carbonyl (C=O) groups excluding carboxylic acids is 2. The molecule has 0 saturated carbocycles. The molecule has 6 nitrogen and oxygen atoms in total. The number of benzene rings is 1. The van der Waals surface area contributed by atoms with Crippen LogP contribution in [0.5, 0.6) is 0 Å². The van der Waals surface area contributed by atoms with Crippen molar-refractivity contribution in [1.29, 1.82) is 0 Å². The molecule has 6 heteroatoms. The maximum atomic E-state index is 12.0. The zero-order valence-corrected chi connectivity index (χ0v) is 14.1. The minimum absolute atomic E-state index is 0.0498. The SMILES string of the molecule is NC(=O)C1CCCN(Cc2cccc(CNC(=O)c3ccoc3)c2)C1. The number of furan rings is 1. The van der Waals surface area contributed by atoms with Crippen LogP contribution < -0.4 is 11.1 Å². The van der Waals surface area contributed by atoms with Crippen LogP contribution >= 0.6 is 0 Å². The minimum atomic E-state index is -0.208. The largest absolute Gasteiger partial charge is 0.472 e. The van der Waals surface area contributed by atoms with Gasteiger partial charge in [-0.05, 0) is 36.6 Å². The van der Waals surface area contributed by atoms with Crippen LogP contribution in [0.2, 0.25) is 0 Å². The Labute approximate surface area is 147 Å². The normalized spacial score (nSPS) is 18.0. The smallest absolute Gasteiger partial charge is 0.254 e. The molecule has 0 aliphatic carbocycles. The monoisotopic (exact) mass is 341 g/mol. The van der Waals surface area contributed by atoms with E-state index in [1.165, 1.54) is 18.1 Å². The summed E-state index contributed by atoms with van der Waals surface area (Å²) in [5, 5.41) is 2.88. The van der Waals surface area contributed by atoms with Crippen molar-refractivity contribution in [1.82, 2.24) is 10.2 Å². The molecule has 0 radical (unpaired) electrons. The van der Waals surface area contributed by atoms with Crippen molar-refractivity contribution in [3.63, 3.8) is 0 Å². The highest BCUT2D eigenvalue weighted by atomic mass is 16.3. The number of hydrogen-bond acceptors (Lipinski definition) is 4. The van der Waals surface area contributed by atoms with E-state index in [4.69, 9.17) is 10.2 Å². The third-order valence-electron chi connectivity index (χ3n) is 4.54. The molecule has 1 fully saturated rings. The molecule has 1 unspecified atom stereocenters. The number of piperidine rings is 1. The Hall–Kier alpha value is -2.60. The van der Waals surface area contributed by atoms with Gasteiger partial charge in [0.1, 0.15) is 6.26 Å². The molecule has 0 spiro atoms. The molecule has 1 aromatic carbocycles. The van der Waals surface area contributed by atoms with Gasteiger partial charge in [-0.1, -0.05) is 24.3 Å². The number of hydrogen-bond donors (Lipinski definition) is 2. The van der Waals surface area contributed by atoms with Gasteiger partial charge in [0, 0.05) is 19.6 Å². The Morgan fingerprint density at radius 1 is 1.28 bits per heavy atom. The summed E-state index contributed by atoms with van der Waals surface area (Å²) in [6.45, 7) is 2.94. The Kier molecular flexibility index (Phi) is 5.50. The number of primary amides is 1. The van der Waals surface area contributed by atoms with Gasteiger partial charge < -0.3 is 15.5 Å². The molecule has 132 valence electrons. The average Bonchev–Trinajstić information content (AvgIpc) is 3.15. The zero-order valence-electron chi connectivity index (χ0n) is 14.1. The van der Waals surface area contributed by atoms with Crippen molar-refractivity contribution in [3.05, 3.63) is 59.5 Å². The molecule has 1 aliphatic heterocycles. The number of carbonyl (C=O) groups is 2. The first-order valence-corrected chi connectivity index (χ1v) is 8.51. The second-order valence-corrected chi connectivity index (χ2v) is 6.49. The van der Waals surface area contributed by atoms with Crippen molar-refractivity contribution < 1.29 is 14.0 Å². The van der Waals surface area contributed by atoms with Crippen molar-refractivity contribution in [2.24, 2.45) is 11.7 Å². The van der Waals surface area contributed by atoms with E-state index in [9.17, 15) is 9.59 Å². The number of likely N-dealkylation sites (tertiary alicyclic amines) is 1. The number of nitrogens with two attached hydrogens (primary N) is 1. The van der Waals surface area contributed by atoms with E-state index < -0.39 is 0 Å². The maximum absolute atomic E-state index is 12.0. The molecule has 0 bridgehead atoms. The first-order valence-electron chi connectivity index (χ1n) is 8.51. The van der Waals surface area contributed by atoms with Crippen LogP contribution in [-0.2, 0) is 17.9 Å². The van der Waals surface area contributed by atoms with Gasteiger partial charge in [0.2, 0.25) is 5.91 Å². The lowest BCUT2D eigenvalue weighted by atomic mass is 9.97. The van der Waals surface area contributed by atoms with E-state index in [1.807, 2.05) is 12.1 Å². The number of nitrogens with zero attached hydrogens (tertiary/aromatic N) is 1. The van der Waals surface area contributed by atoms with Gasteiger partial charge in [-0.15, -0.1) is 0 Å². The molecule has 1 saturated heterocycles. The van der Waals surface area contributed by atoms with Crippen molar-refractivity contribution in [3.8, 4) is 0 Å². The Morgan fingerprint density at radius 3 is 2.88 bits per heavy atom.